The Morgan fingerprint density at radius 2 is 2.00 bits per heavy atom. The zero-order valence-electron chi connectivity index (χ0n) is 11.8. The van der Waals surface area contributed by atoms with E-state index in [0.717, 1.165) is 12.1 Å². The van der Waals surface area contributed by atoms with Crippen LogP contribution in [0.3, 0.4) is 0 Å². The fourth-order valence-electron chi connectivity index (χ4n) is 2.45. The van der Waals surface area contributed by atoms with E-state index in [1.807, 2.05) is 0 Å². The summed E-state index contributed by atoms with van der Waals surface area (Å²) >= 11 is 9.27. The number of fused-ring (bicyclic) bond motifs is 1. The summed E-state index contributed by atoms with van der Waals surface area (Å²) in [6.07, 6.45) is 0. The SMILES string of the molecule is Cc1[nH]c2c(Br)c(C(=O)c3cc(F)ccc3Cl)c(N)cc2c1F. The molecule has 0 radical (unpaired) electrons. The van der Waals surface area contributed by atoms with E-state index in [-0.39, 0.29) is 27.2 Å². The molecule has 0 fully saturated rings. The predicted octanol–water partition coefficient (Wildman–Crippen LogP) is 4.98. The van der Waals surface area contributed by atoms with E-state index in [0.29, 0.717) is 15.7 Å². The van der Waals surface area contributed by atoms with E-state index in [2.05, 4.69) is 20.9 Å². The van der Waals surface area contributed by atoms with Crippen LogP contribution >= 0.6 is 27.5 Å². The van der Waals surface area contributed by atoms with E-state index in [1.165, 1.54) is 12.1 Å². The normalized spacial score (nSPS) is 11.2. The number of nitrogens with two attached hydrogens (primary N) is 1. The van der Waals surface area contributed by atoms with E-state index >= 15 is 0 Å². The van der Waals surface area contributed by atoms with Crippen molar-refractivity contribution < 1.29 is 13.6 Å². The number of nitrogen functional groups attached to an aromatic ring is 1. The summed E-state index contributed by atoms with van der Waals surface area (Å²) in [6, 6.07) is 4.87. The van der Waals surface area contributed by atoms with Crippen LogP contribution in [-0.4, -0.2) is 10.8 Å². The molecule has 3 nitrogen and oxygen atoms in total. The summed E-state index contributed by atoms with van der Waals surface area (Å²) in [4.78, 5) is 15.6. The van der Waals surface area contributed by atoms with Gasteiger partial charge in [-0.3, -0.25) is 4.79 Å². The van der Waals surface area contributed by atoms with Crippen LogP contribution in [0.1, 0.15) is 21.6 Å². The lowest BCUT2D eigenvalue weighted by atomic mass is 10.00. The van der Waals surface area contributed by atoms with E-state index < -0.39 is 17.4 Å². The number of aromatic nitrogens is 1. The number of benzene rings is 2. The number of anilines is 1. The van der Waals surface area contributed by atoms with Crippen molar-refractivity contribution in [2.24, 2.45) is 0 Å². The first kappa shape index (κ1) is 16.0. The van der Waals surface area contributed by atoms with Gasteiger partial charge in [0.05, 0.1) is 20.6 Å². The fraction of sp³-hybridized carbons (Fsp3) is 0.0625. The van der Waals surface area contributed by atoms with Crippen LogP contribution in [0, 0.1) is 18.6 Å². The van der Waals surface area contributed by atoms with Gasteiger partial charge in [0.25, 0.3) is 0 Å². The molecule has 1 heterocycles. The molecule has 0 aliphatic heterocycles. The smallest absolute Gasteiger partial charge is 0.197 e. The monoisotopic (exact) mass is 398 g/mol. The zero-order chi connectivity index (χ0) is 16.9. The summed E-state index contributed by atoms with van der Waals surface area (Å²) < 4.78 is 27.8. The van der Waals surface area contributed by atoms with Crippen LogP contribution < -0.4 is 5.73 Å². The number of H-pyrrole nitrogens is 1. The van der Waals surface area contributed by atoms with Crippen LogP contribution in [0.25, 0.3) is 10.9 Å². The molecular formula is C16H10BrClF2N2O. The summed E-state index contributed by atoms with van der Waals surface area (Å²) in [5.74, 6) is -1.57. The molecule has 118 valence electrons. The second-order valence-corrected chi connectivity index (χ2v) is 6.29. The zero-order valence-corrected chi connectivity index (χ0v) is 14.1. The Labute approximate surface area is 143 Å². The van der Waals surface area contributed by atoms with Gasteiger partial charge in [-0.15, -0.1) is 0 Å². The number of rotatable bonds is 2. The number of carbonyl (C=O) groups excluding carboxylic acids is 1. The molecule has 0 saturated carbocycles. The molecule has 23 heavy (non-hydrogen) atoms. The quantitative estimate of drug-likeness (QED) is 0.471. The Morgan fingerprint density at radius 1 is 1.30 bits per heavy atom. The molecule has 0 unspecified atom stereocenters. The maximum Gasteiger partial charge on any atom is 0.197 e. The second kappa shape index (κ2) is 5.62. The summed E-state index contributed by atoms with van der Waals surface area (Å²) in [5.41, 5.74) is 6.83. The van der Waals surface area contributed by atoms with Gasteiger partial charge < -0.3 is 10.7 Å². The molecule has 0 saturated heterocycles. The summed E-state index contributed by atoms with van der Waals surface area (Å²) in [7, 11) is 0. The Kier molecular flexibility index (Phi) is 3.90. The van der Waals surface area contributed by atoms with Crippen molar-refractivity contribution in [3.05, 3.63) is 62.2 Å². The number of carbonyl (C=O) groups is 1. The molecular weight excluding hydrogens is 390 g/mol. The lowest BCUT2D eigenvalue weighted by Crippen LogP contribution is -2.08. The minimum Gasteiger partial charge on any atom is -0.398 e. The number of hydrogen-bond donors (Lipinski definition) is 2. The van der Waals surface area contributed by atoms with Gasteiger partial charge in [0.2, 0.25) is 0 Å². The van der Waals surface area contributed by atoms with Gasteiger partial charge in [-0.05, 0) is 47.1 Å². The highest BCUT2D eigenvalue weighted by atomic mass is 79.9. The average molecular weight is 400 g/mol. The fourth-order valence-corrected chi connectivity index (χ4v) is 3.37. The number of aryl methyl sites for hydroxylation is 1. The van der Waals surface area contributed by atoms with Gasteiger partial charge in [0.15, 0.2) is 11.6 Å². The van der Waals surface area contributed by atoms with Crippen LogP contribution in [0.5, 0.6) is 0 Å². The van der Waals surface area contributed by atoms with Gasteiger partial charge >= 0.3 is 0 Å². The molecule has 0 spiro atoms. The maximum absolute atomic E-state index is 14.0. The first-order valence-corrected chi connectivity index (χ1v) is 7.74. The van der Waals surface area contributed by atoms with E-state index in [9.17, 15) is 13.6 Å². The van der Waals surface area contributed by atoms with Crippen molar-refractivity contribution in [1.29, 1.82) is 0 Å². The lowest BCUT2D eigenvalue weighted by molar-refractivity contribution is 0.103. The average Bonchev–Trinajstić information content (AvgIpc) is 2.78. The first-order valence-electron chi connectivity index (χ1n) is 6.56. The Hall–Kier alpha value is -1.92. The standard InChI is InChI=1S/C16H10BrClF2N2O/c1-6-14(20)9-5-11(21)12(13(17)15(9)22-6)16(23)8-4-7(19)2-3-10(8)18/h2-5,22H,21H2,1H3. The van der Waals surface area contributed by atoms with E-state index in [4.69, 9.17) is 17.3 Å². The minimum absolute atomic E-state index is 0.0119. The third-order valence-electron chi connectivity index (χ3n) is 3.58. The lowest BCUT2D eigenvalue weighted by Gasteiger charge is -2.10. The third-order valence-corrected chi connectivity index (χ3v) is 4.70. The molecule has 0 aliphatic rings. The predicted molar refractivity (Wildman–Crippen MR) is 89.9 cm³/mol. The highest BCUT2D eigenvalue weighted by Crippen LogP contribution is 2.36. The Morgan fingerprint density at radius 3 is 2.70 bits per heavy atom. The molecule has 3 aromatic rings. The van der Waals surface area contributed by atoms with Gasteiger partial charge in [0, 0.05) is 22.3 Å². The number of aromatic amines is 1. The molecule has 7 heteroatoms. The molecule has 1 aromatic heterocycles. The van der Waals surface area contributed by atoms with Gasteiger partial charge in [-0.25, -0.2) is 8.78 Å². The van der Waals surface area contributed by atoms with Crippen molar-refractivity contribution in [3.63, 3.8) is 0 Å². The number of nitrogens with one attached hydrogen (secondary N) is 1. The highest BCUT2D eigenvalue weighted by Gasteiger charge is 2.23. The molecule has 3 rings (SSSR count). The Balaban J connectivity index is 2.27. The largest absolute Gasteiger partial charge is 0.398 e. The number of ketones is 1. The third kappa shape index (κ3) is 2.52. The van der Waals surface area contributed by atoms with Crippen LogP contribution in [0.4, 0.5) is 14.5 Å². The van der Waals surface area contributed by atoms with E-state index in [1.54, 1.807) is 6.92 Å². The number of hydrogen-bond acceptors (Lipinski definition) is 2. The van der Waals surface area contributed by atoms with Crippen LogP contribution in [-0.2, 0) is 0 Å². The Bertz CT molecular complexity index is 969. The second-order valence-electron chi connectivity index (χ2n) is 5.09. The summed E-state index contributed by atoms with van der Waals surface area (Å²) in [5, 5.41) is 0.380. The van der Waals surface area contributed by atoms with Crippen LogP contribution in [0.15, 0.2) is 28.7 Å². The minimum atomic E-state index is -0.588. The van der Waals surface area contributed by atoms with Crippen molar-refractivity contribution in [3.8, 4) is 0 Å². The van der Waals surface area contributed by atoms with Crippen molar-refractivity contribution in [1.82, 2.24) is 4.98 Å². The van der Waals surface area contributed by atoms with Crippen LogP contribution in [0.2, 0.25) is 5.02 Å². The summed E-state index contributed by atoms with van der Waals surface area (Å²) in [6.45, 7) is 1.57. The maximum atomic E-state index is 14.0. The van der Waals surface area contributed by atoms with Crippen molar-refractivity contribution in [2.45, 2.75) is 6.92 Å². The molecule has 0 atom stereocenters. The molecule has 0 aliphatic carbocycles. The number of halogens is 4. The van der Waals surface area contributed by atoms with Crippen molar-refractivity contribution >= 4 is 49.9 Å². The topological polar surface area (TPSA) is 58.9 Å². The molecule has 3 N–H and O–H groups in total. The first-order chi connectivity index (χ1) is 10.8. The molecule has 0 amide bonds. The molecule has 2 aromatic carbocycles. The van der Waals surface area contributed by atoms with Gasteiger partial charge in [-0.2, -0.15) is 0 Å². The van der Waals surface area contributed by atoms with Gasteiger partial charge in [0.1, 0.15) is 5.82 Å². The van der Waals surface area contributed by atoms with Gasteiger partial charge in [-0.1, -0.05) is 11.6 Å². The highest BCUT2D eigenvalue weighted by molar-refractivity contribution is 9.10. The molecule has 0 bridgehead atoms. The van der Waals surface area contributed by atoms with Crippen molar-refractivity contribution in [2.75, 3.05) is 5.73 Å².